The summed E-state index contributed by atoms with van der Waals surface area (Å²) in [5.74, 6) is -0.478. The number of carbonyl (C=O) groups excluding carboxylic acids is 1. The standard InChI is InChI=1S/C21H23ClN2O4/c1-6-7-24-20(26)16(10-23)13(4)17(21(24)27)19(25)14(5)28-15-8-11(2)18(22)12(3)9-15/h8-9,14,27H,6-7H2,1-5H3. The van der Waals surface area contributed by atoms with Crippen LogP contribution in [0.15, 0.2) is 16.9 Å². The van der Waals surface area contributed by atoms with Crippen LogP contribution in [0, 0.1) is 32.1 Å². The fourth-order valence-corrected chi connectivity index (χ4v) is 3.22. The van der Waals surface area contributed by atoms with E-state index in [1.54, 1.807) is 19.1 Å². The number of ketones is 1. The van der Waals surface area contributed by atoms with E-state index in [1.807, 2.05) is 26.8 Å². The highest BCUT2D eigenvalue weighted by molar-refractivity contribution is 6.32. The van der Waals surface area contributed by atoms with Gasteiger partial charge in [-0.2, -0.15) is 5.26 Å². The number of hydrogen-bond donors (Lipinski definition) is 1. The summed E-state index contributed by atoms with van der Waals surface area (Å²) in [5, 5.41) is 20.6. The third-order valence-corrected chi connectivity index (χ3v) is 5.18. The number of aromatic nitrogens is 1. The van der Waals surface area contributed by atoms with Gasteiger partial charge in [0.1, 0.15) is 17.4 Å². The number of ether oxygens (including phenoxy) is 1. The molecule has 0 amide bonds. The maximum absolute atomic E-state index is 13.0. The van der Waals surface area contributed by atoms with Gasteiger partial charge in [0, 0.05) is 11.6 Å². The number of pyridine rings is 1. The van der Waals surface area contributed by atoms with Gasteiger partial charge in [0.15, 0.2) is 6.10 Å². The van der Waals surface area contributed by atoms with E-state index < -0.39 is 23.3 Å². The van der Waals surface area contributed by atoms with Gasteiger partial charge in [0.25, 0.3) is 5.56 Å². The Morgan fingerprint density at radius 3 is 2.39 bits per heavy atom. The second-order valence-corrected chi connectivity index (χ2v) is 7.14. The van der Waals surface area contributed by atoms with E-state index in [0.29, 0.717) is 17.2 Å². The summed E-state index contributed by atoms with van der Waals surface area (Å²) >= 11 is 6.16. The maximum atomic E-state index is 13.0. The Kier molecular flexibility index (Phi) is 6.52. The predicted octanol–water partition coefficient (Wildman–Crippen LogP) is 4.06. The van der Waals surface area contributed by atoms with Crippen LogP contribution in [0.4, 0.5) is 0 Å². The molecule has 2 rings (SSSR count). The molecule has 0 aliphatic heterocycles. The number of hydrogen-bond acceptors (Lipinski definition) is 5. The molecular formula is C21H23ClN2O4. The molecule has 0 bridgehead atoms. The Morgan fingerprint density at radius 2 is 1.89 bits per heavy atom. The SMILES string of the molecule is CCCn1c(O)c(C(=O)C(C)Oc2cc(C)c(Cl)c(C)c2)c(C)c(C#N)c1=O. The molecule has 1 unspecified atom stereocenters. The van der Waals surface area contributed by atoms with E-state index in [4.69, 9.17) is 16.3 Å². The topological polar surface area (TPSA) is 92.3 Å². The monoisotopic (exact) mass is 402 g/mol. The molecule has 148 valence electrons. The number of carbonyl (C=O) groups is 1. The predicted molar refractivity (Wildman–Crippen MR) is 107 cm³/mol. The molecule has 1 aromatic carbocycles. The van der Waals surface area contributed by atoms with Crippen LogP contribution in [0.1, 0.15) is 52.9 Å². The summed E-state index contributed by atoms with van der Waals surface area (Å²) in [6.07, 6.45) is -0.381. The summed E-state index contributed by atoms with van der Waals surface area (Å²) < 4.78 is 6.83. The second-order valence-electron chi connectivity index (χ2n) is 6.76. The molecule has 0 radical (unpaired) electrons. The number of halogens is 1. The van der Waals surface area contributed by atoms with Gasteiger partial charge in [0.2, 0.25) is 11.7 Å². The van der Waals surface area contributed by atoms with Gasteiger partial charge in [-0.05, 0) is 62.9 Å². The van der Waals surface area contributed by atoms with Gasteiger partial charge in [-0.3, -0.25) is 14.2 Å². The Morgan fingerprint density at radius 1 is 1.32 bits per heavy atom. The summed E-state index contributed by atoms with van der Waals surface area (Å²) in [7, 11) is 0. The Hall–Kier alpha value is -2.78. The van der Waals surface area contributed by atoms with Gasteiger partial charge in [-0.25, -0.2) is 0 Å². The first kappa shape index (κ1) is 21.5. The molecule has 1 aromatic heterocycles. The minimum absolute atomic E-state index is 0.0699. The van der Waals surface area contributed by atoms with E-state index in [1.165, 1.54) is 6.92 Å². The molecule has 1 heterocycles. The van der Waals surface area contributed by atoms with Crippen LogP contribution < -0.4 is 10.3 Å². The Balaban J connectivity index is 2.50. The van der Waals surface area contributed by atoms with Crippen molar-refractivity contribution >= 4 is 17.4 Å². The lowest BCUT2D eigenvalue weighted by atomic mass is 9.99. The Bertz CT molecular complexity index is 1010. The minimum Gasteiger partial charge on any atom is -0.494 e. The van der Waals surface area contributed by atoms with E-state index in [9.17, 15) is 20.0 Å². The first-order valence-corrected chi connectivity index (χ1v) is 9.35. The third-order valence-electron chi connectivity index (χ3n) is 4.59. The molecule has 0 aliphatic carbocycles. The number of nitriles is 1. The molecule has 1 atom stereocenters. The molecular weight excluding hydrogens is 380 g/mol. The van der Waals surface area contributed by atoms with Crippen molar-refractivity contribution in [3.63, 3.8) is 0 Å². The van der Waals surface area contributed by atoms with Gasteiger partial charge < -0.3 is 9.84 Å². The minimum atomic E-state index is -0.941. The molecule has 0 fully saturated rings. The van der Waals surface area contributed by atoms with Crippen molar-refractivity contribution < 1.29 is 14.6 Å². The van der Waals surface area contributed by atoms with Crippen molar-refractivity contribution in [2.24, 2.45) is 0 Å². The smallest absolute Gasteiger partial charge is 0.271 e. The van der Waals surface area contributed by atoms with Crippen LogP contribution in [-0.4, -0.2) is 21.6 Å². The number of aromatic hydroxyl groups is 1. The first-order chi connectivity index (χ1) is 13.1. The van der Waals surface area contributed by atoms with Crippen molar-refractivity contribution in [1.29, 1.82) is 5.26 Å². The van der Waals surface area contributed by atoms with Gasteiger partial charge in [0.05, 0.1) is 5.56 Å². The second kappa shape index (κ2) is 8.49. The van der Waals surface area contributed by atoms with E-state index in [0.717, 1.165) is 15.7 Å². The zero-order valence-electron chi connectivity index (χ0n) is 16.6. The van der Waals surface area contributed by atoms with Crippen LogP contribution in [-0.2, 0) is 6.54 Å². The number of aryl methyl sites for hydroxylation is 2. The molecule has 0 spiro atoms. The lowest BCUT2D eigenvalue weighted by molar-refractivity contribution is 0.0812. The van der Waals surface area contributed by atoms with Crippen molar-refractivity contribution in [2.45, 2.75) is 53.7 Å². The van der Waals surface area contributed by atoms with Crippen LogP contribution in [0.5, 0.6) is 11.6 Å². The molecule has 7 heteroatoms. The molecule has 6 nitrogen and oxygen atoms in total. The Labute approximate surface area is 168 Å². The summed E-state index contributed by atoms with van der Waals surface area (Å²) in [5.41, 5.74) is 0.964. The summed E-state index contributed by atoms with van der Waals surface area (Å²) in [6, 6.07) is 5.30. The average molecular weight is 403 g/mol. The first-order valence-electron chi connectivity index (χ1n) is 8.98. The molecule has 0 saturated carbocycles. The van der Waals surface area contributed by atoms with E-state index in [-0.39, 0.29) is 23.2 Å². The highest BCUT2D eigenvalue weighted by atomic mass is 35.5. The van der Waals surface area contributed by atoms with Crippen molar-refractivity contribution in [1.82, 2.24) is 4.57 Å². The van der Waals surface area contributed by atoms with Crippen molar-refractivity contribution in [2.75, 3.05) is 0 Å². The number of rotatable bonds is 6. The molecule has 28 heavy (non-hydrogen) atoms. The van der Waals surface area contributed by atoms with Crippen molar-refractivity contribution in [3.8, 4) is 17.7 Å². The summed E-state index contributed by atoms with van der Waals surface area (Å²) in [6.45, 7) is 8.74. The third kappa shape index (κ3) is 3.90. The zero-order valence-corrected chi connectivity index (χ0v) is 17.3. The number of nitrogens with zero attached hydrogens (tertiary/aromatic N) is 2. The molecule has 0 aliphatic rings. The quantitative estimate of drug-likeness (QED) is 0.735. The van der Waals surface area contributed by atoms with E-state index >= 15 is 0 Å². The summed E-state index contributed by atoms with van der Waals surface area (Å²) in [4.78, 5) is 25.4. The van der Waals surface area contributed by atoms with Crippen LogP contribution in [0.25, 0.3) is 0 Å². The normalized spacial score (nSPS) is 11.8. The lowest BCUT2D eigenvalue weighted by Crippen LogP contribution is -2.30. The molecule has 1 N–H and O–H groups in total. The van der Waals surface area contributed by atoms with Crippen LogP contribution >= 0.6 is 11.6 Å². The largest absolute Gasteiger partial charge is 0.494 e. The highest BCUT2D eigenvalue weighted by Gasteiger charge is 2.28. The van der Waals surface area contributed by atoms with Crippen LogP contribution in [0.3, 0.4) is 0 Å². The van der Waals surface area contributed by atoms with E-state index in [2.05, 4.69) is 0 Å². The number of Topliss-reactive ketones (excluding diaryl/α,β-unsaturated/α-hetero) is 1. The number of benzene rings is 1. The maximum Gasteiger partial charge on any atom is 0.271 e. The van der Waals surface area contributed by atoms with Crippen molar-refractivity contribution in [3.05, 3.63) is 55.3 Å². The van der Waals surface area contributed by atoms with Crippen LogP contribution in [0.2, 0.25) is 5.02 Å². The van der Waals surface area contributed by atoms with Gasteiger partial charge >= 0.3 is 0 Å². The average Bonchev–Trinajstić information content (AvgIpc) is 2.63. The fraction of sp³-hybridized carbons (Fsp3) is 0.381. The van der Waals surface area contributed by atoms with Gasteiger partial charge in [-0.15, -0.1) is 0 Å². The fourth-order valence-electron chi connectivity index (χ4n) is 3.11. The zero-order chi connectivity index (χ0) is 21.2. The highest BCUT2D eigenvalue weighted by Crippen LogP contribution is 2.28. The van der Waals surface area contributed by atoms with Gasteiger partial charge in [-0.1, -0.05) is 18.5 Å². The molecule has 2 aromatic rings. The molecule has 0 saturated heterocycles. The lowest BCUT2D eigenvalue weighted by Gasteiger charge is -2.19.